The number of nitrogens with one attached hydrogen (secondary N) is 2. The average molecular weight is 397 g/mol. The Morgan fingerprint density at radius 2 is 1.85 bits per heavy atom. The van der Waals surface area contributed by atoms with E-state index in [2.05, 4.69) is 29.5 Å². The first kappa shape index (κ1) is 21.7. The van der Waals surface area contributed by atoms with E-state index in [1.807, 2.05) is 24.3 Å². The molecule has 0 aliphatic carbocycles. The van der Waals surface area contributed by atoms with Gasteiger partial charge in [-0.1, -0.05) is 38.1 Å². The monoisotopic (exact) mass is 396 g/mol. The highest BCUT2D eigenvalue weighted by molar-refractivity contribution is 7.88. The molecular formula is C19H32N4O3S. The van der Waals surface area contributed by atoms with Crippen LogP contribution >= 0.6 is 0 Å². The Kier molecular flexibility index (Phi) is 8.53. The number of guanidine groups is 1. The van der Waals surface area contributed by atoms with Crippen LogP contribution in [0.15, 0.2) is 29.3 Å². The third kappa shape index (κ3) is 7.12. The molecule has 1 aliphatic heterocycles. The second-order valence-electron chi connectivity index (χ2n) is 7.07. The van der Waals surface area contributed by atoms with E-state index in [9.17, 15) is 8.42 Å². The lowest BCUT2D eigenvalue weighted by atomic mass is 10.1. The molecule has 1 fully saturated rings. The maximum Gasteiger partial charge on any atom is 0.218 e. The highest BCUT2D eigenvalue weighted by Crippen LogP contribution is 2.16. The van der Waals surface area contributed by atoms with Crippen LogP contribution in [0.2, 0.25) is 0 Å². The van der Waals surface area contributed by atoms with Crippen molar-refractivity contribution in [3.05, 3.63) is 35.4 Å². The largest absolute Gasteiger partial charge is 0.379 e. The minimum atomic E-state index is -3.35. The van der Waals surface area contributed by atoms with E-state index in [1.54, 1.807) is 7.05 Å². The summed E-state index contributed by atoms with van der Waals surface area (Å²) in [6.45, 7) is 7.51. The molecule has 8 heteroatoms. The van der Waals surface area contributed by atoms with Gasteiger partial charge in [-0.25, -0.2) is 8.42 Å². The maximum atomic E-state index is 12.7. The van der Waals surface area contributed by atoms with Gasteiger partial charge in [0.05, 0.1) is 19.0 Å². The minimum Gasteiger partial charge on any atom is -0.379 e. The van der Waals surface area contributed by atoms with E-state index in [-0.39, 0.29) is 5.75 Å². The molecule has 0 unspecified atom stereocenters. The number of ether oxygens (including phenoxy) is 1. The topological polar surface area (TPSA) is 83.0 Å². The highest BCUT2D eigenvalue weighted by atomic mass is 32.2. The number of hydrogen-bond donors (Lipinski definition) is 2. The van der Waals surface area contributed by atoms with Crippen molar-refractivity contribution in [3.63, 3.8) is 0 Å². The number of nitrogens with zero attached hydrogens (tertiary/aromatic N) is 2. The van der Waals surface area contributed by atoms with Crippen LogP contribution in [0, 0.1) is 5.92 Å². The summed E-state index contributed by atoms with van der Waals surface area (Å²) in [5.74, 6) is 1.35. The highest BCUT2D eigenvalue weighted by Gasteiger charge is 2.25. The zero-order chi connectivity index (χ0) is 19.7. The fourth-order valence-electron chi connectivity index (χ4n) is 2.86. The van der Waals surface area contributed by atoms with Crippen LogP contribution in [0.1, 0.15) is 31.4 Å². The predicted octanol–water partition coefficient (Wildman–Crippen LogP) is 1.56. The van der Waals surface area contributed by atoms with Crippen LogP contribution in [0.4, 0.5) is 0 Å². The third-order valence-corrected chi connectivity index (χ3v) is 6.33. The van der Waals surface area contributed by atoms with Gasteiger partial charge in [0.2, 0.25) is 10.0 Å². The molecule has 1 saturated heterocycles. The first-order chi connectivity index (χ1) is 12.9. The Morgan fingerprint density at radius 3 is 2.48 bits per heavy atom. The Hall–Kier alpha value is -1.64. The van der Waals surface area contributed by atoms with Gasteiger partial charge in [-0.3, -0.25) is 4.99 Å². The number of benzene rings is 1. The molecule has 7 nitrogen and oxygen atoms in total. The van der Waals surface area contributed by atoms with E-state index in [0.29, 0.717) is 38.8 Å². The molecule has 0 bridgehead atoms. The number of morpholine rings is 1. The minimum absolute atomic E-state index is 0.00420. The first-order valence-corrected chi connectivity index (χ1v) is 11.1. The van der Waals surface area contributed by atoms with E-state index < -0.39 is 10.0 Å². The summed E-state index contributed by atoms with van der Waals surface area (Å²) in [6, 6.07) is 7.64. The summed E-state index contributed by atoms with van der Waals surface area (Å²) in [5.41, 5.74) is 1.77. The fraction of sp³-hybridized carbons (Fsp3) is 0.632. The number of hydrogen-bond acceptors (Lipinski definition) is 4. The predicted molar refractivity (Wildman–Crippen MR) is 109 cm³/mol. The Balaban J connectivity index is 1.98. The van der Waals surface area contributed by atoms with Crippen LogP contribution in [0.5, 0.6) is 0 Å². The molecule has 0 amide bonds. The van der Waals surface area contributed by atoms with E-state index >= 15 is 0 Å². The lowest BCUT2D eigenvalue weighted by Gasteiger charge is -2.26. The van der Waals surface area contributed by atoms with Crippen molar-refractivity contribution in [1.29, 1.82) is 0 Å². The smallest absolute Gasteiger partial charge is 0.218 e. The zero-order valence-electron chi connectivity index (χ0n) is 16.6. The van der Waals surface area contributed by atoms with Crippen molar-refractivity contribution >= 4 is 16.0 Å². The summed E-state index contributed by atoms with van der Waals surface area (Å²) < 4.78 is 32.2. The lowest BCUT2D eigenvalue weighted by molar-refractivity contribution is 0.0729. The van der Waals surface area contributed by atoms with Crippen molar-refractivity contribution in [1.82, 2.24) is 14.9 Å². The SMILES string of the molecule is CN=C(NCCC(C)C)NCc1ccccc1CS(=O)(=O)N1CCOCC1. The van der Waals surface area contributed by atoms with Gasteiger partial charge >= 0.3 is 0 Å². The van der Waals surface area contributed by atoms with Crippen LogP contribution in [0.3, 0.4) is 0 Å². The first-order valence-electron chi connectivity index (χ1n) is 9.49. The van der Waals surface area contributed by atoms with Gasteiger partial charge in [0.1, 0.15) is 0 Å². The molecule has 0 spiro atoms. The van der Waals surface area contributed by atoms with Gasteiger partial charge in [0, 0.05) is 33.2 Å². The van der Waals surface area contributed by atoms with Gasteiger partial charge in [0.25, 0.3) is 0 Å². The van der Waals surface area contributed by atoms with Crippen molar-refractivity contribution in [2.24, 2.45) is 10.9 Å². The molecule has 2 rings (SSSR count). The molecule has 1 aromatic carbocycles. The lowest BCUT2D eigenvalue weighted by Crippen LogP contribution is -2.41. The van der Waals surface area contributed by atoms with Crippen molar-refractivity contribution in [3.8, 4) is 0 Å². The molecule has 2 N–H and O–H groups in total. The van der Waals surface area contributed by atoms with E-state index in [1.165, 1.54) is 4.31 Å². The third-order valence-electron chi connectivity index (χ3n) is 4.50. The van der Waals surface area contributed by atoms with Gasteiger partial charge in [-0.2, -0.15) is 4.31 Å². The molecule has 27 heavy (non-hydrogen) atoms. The summed E-state index contributed by atoms with van der Waals surface area (Å²) in [6.07, 6.45) is 1.06. The Morgan fingerprint density at radius 1 is 1.19 bits per heavy atom. The average Bonchev–Trinajstić information content (AvgIpc) is 2.66. The van der Waals surface area contributed by atoms with Crippen LogP contribution in [-0.2, 0) is 27.1 Å². The van der Waals surface area contributed by atoms with Gasteiger partial charge < -0.3 is 15.4 Å². The summed E-state index contributed by atoms with van der Waals surface area (Å²) >= 11 is 0. The number of rotatable bonds is 8. The molecule has 0 atom stereocenters. The molecular weight excluding hydrogens is 364 g/mol. The normalized spacial score (nSPS) is 16.5. The molecule has 152 valence electrons. The van der Waals surface area contributed by atoms with Crippen molar-refractivity contribution in [2.45, 2.75) is 32.6 Å². The van der Waals surface area contributed by atoms with Crippen molar-refractivity contribution < 1.29 is 13.2 Å². The zero-order valence-corrected chi connectivity index (χ0v) is 17.4. The molecule has 0 saturated carbocycles. The molecule has 0 aromatic heterocycles. The van der Waals surface area contributed by atoms with Crippen LogP contribution in [-0.4, -0.2) is 58.6 Å². The second kappa shape index (κ2) is 10.6. The molecule has 1 aromatic rings. The Bertz CT molecular complexity index is 713. The molecule has 0 radical (unpaired) electrons. The molecule has 1 heterocycles. The number of aliphatic imine (C=N–C) groups is 1. The summed E-state index contributed by atoms with van der Waals surface area (Å²) in [4.78, 5) is 4.23. The van der Waals surface area contributed by atoms with Crippen molar-refractivity contribution in [2.75, 3.05) is 39.9 Å². The summed E-state index contributed by atoms with van der Waals surface area (Å²) in [7, 11) is -1.61. The van der Waals surface area contributed by atoms with E-state index in [4.69, 9.17) is 4.74 Å². The van der Waals surface area contributed by atoms with Gasteiger partial charge in [0.15, 0.2) is 5.96 Å². The quantitative estimate of drug-likeness (QED) is 0.515. The second-order valence-corrected chi connectivity index (χ2v) is 9.04. The van der Waals surface area contributed by atoms with E-state index in [0.717, 1.165) is 30.1 Å². The Labute approximate surface area is 163 Å². The fourth-order valence-corrected chi connectivity index (χ4v) is 4.42. The van der Waals surface area contributed by atoms with Crippen LogP contribution < -0.4 is 10.6 Å². The maximum absolute atomic E-state index is 12.7. The standard InChI is InChI=1S/C19H32N4O3S/c1-16(2)8-9-21-19(20-3)22-14-17-6-4-5-7-18(17)15-27(24,25)23-10-12-26-13-11-23/h4-7,16H,8-15H2,1-3H3,(H2,20,21,22). The number of sulfonamides is 1. The molecule has 1 aliphatic rings. The van der Waals surface area contributed by atoms with Gasteiger partial charge in [-0.15, -0.1) is 0 Å². The van der Waals surface area contributed by atoms with Crippen LogP contribution in [0.25, 0.3) is 0 Å². The van der Waals surface area contributed by atoms with Gasteiger partial charge in [-0.05, 0) is 23.5 Å². The summed E-state index contributed by atoms with van der Waals surface area (Å²) in [5, 5.41) is 6.56.